The maximum Gasteiger partial charge on any atom is 0.323 e. The topological polar surface area (TPSA) is 93.2 Å². The molecule has 0 radical (unpaired) electrons. The second kappa shape index (κ2) is 8.22. The van der Waals surface area contributed by atoms with Gasteiger partial charge in [0.25, 0.3) is 0 Å². The first-order valence-corrected chi connectivity index (χ1v) is 10.7. The van der Waals surface area contributed by atoms with Crippen LogP contribution in [0.25, 0.3) is 44.7 Å². The SMILES string of the molecule is O=C(Nc1ccc2ccccc2c1)Nc1ccc2nc(-c3ccco3)c(-c3ccco3)nc2c1. The van der Waals surface area contributed by atoms with E-state index in [1.165, 1.54) is 0 Å². The lowest BCUT2D eigenvalue weighted by Gasteiger charge is -2.10. The number of carbonyl (C=O) groups excluding carboxylic acids is 1. The summed E-state index contributed by atoms with van der Waals surface area (Å²) in [4.78, 5) is 22.1. The van der Waals surface area contributed by atoms with E-state index in [1.54, 1.807) is 36.8 Å². The Kier molecular flexibility index (Phi) is 4.77. The van der Waals surface area contributed by atoms with Crippen LogP contribution in [0.5, 0.6) is 0 Å². The number of urea groups is 1. The smallest absolute Gasteiger partial charge is 0.323 e. The average Bonchev–Trinajstić information content (AvgIpc) is 3.58. The minimum atomic E-state index is -0.346. The molecular weight excluding hydrogens is 428 g/mol. The second-order valence-corrected chi connectivity index (χ2v) is 7.72. The third-order valence-electron chi connectivity index (χ3n) is 5.44. The van der Waals surface area contributed by atoms with Crippen LogP contribution in [-0.2, 0) is 0 Å². The number of nitrogens with one attached hydrogen (secondary N) is 2. The van der Waals surface area contributed by atoms with Crippen LogP contribution < -0.4 is 10.6 Å². The van der Waals surface area contributed by atoms with Gasteiger partial charge < -0.3 is 19.5 Å². The Morgan fingerprint density at radius 2 is 1.24 bits per heavy atom. The van der Waals surface area contributed by atoms with Crippen LogP contribution in [0.15, 0.2) is 106 Å². The number of anilines is 2. The highest BCUT2D eigenvalue weighted by atomic mass is 16.3. The zero-order valence-corrected chi connectivity index (χ0v) is 17.9. The van der Waals surface area contributed by atoms with Gasteiger partial charge >= 0.3 is 6.03 Å². The summed E-state index contributed by atoms with van der Waals surface area (Å²) < 4.78 is 11.1. The molecule has 3 heterocycles. The summed E-state index contributed by atoms with van der Waals surface area (Å²) in [6, 6.07) is 26.1. The molecule has 0 bridgehead atoms. The van der Waals surface area contributed by atoms with E-state index in [1.807, 2.05) is 60.7 Å². The van der Waals surface area contributed by atoms with Crippen molar-refractivity contribution >= 4 is 39.2 Å². The first kappa shape index (κ1) is 19.8. The highest BCUT2D eigenvalue weighted by Crippen LogP contribution is 2.32. The molecule has 0 spiro atoms. The van der Waals surface area contributed by atoms with Gasteiger partial charge in [-0.1, -0.05) is 30.3 Å². The fraction of sp³-hybridized carbons (Fsp3) is 0. The summed E-state index contributed by atoms with van der Waals surface area (Å²) >= 11 is 0. The van der Waals surface area contributed by atoms with E-state index in [0.717, 1.165) is 10.8 Å². The average molecular weight is 446 g/mol. The van der Waals surface area contributed by atoms with Crippen molar-refractivity contribution in [1.82, 2.24) is 9.97 Å². The van der Waals surface area contributed by atoms with Crippen molar-refractivity contribution in [2.75, 3.05) is 10.6 Å². The molecule has 3 aromatic carbocycles. The molecule has 0 unspecified atom stereocenters. The third-order valence-corrected chi connectivity index (χ3v) is 5.44. The lowest BCUT2D eigenvalue weighted by atomic mass is 10.1. The van der Waals surface area contributed by atoms with E-state index in [0.29, 0.717) is 45.3 Å². The van der Waals surface area contributed by atoms with Crippen LogP contribution in [0.3, 0.4) is 0 Å². The quantitative estimate of drug-likeness (QED) is 0.306. The van der Waals surface area contributed by atoms with E-state index in [2.05, 4.69) is 10.6 Å². The summed E-state index contributed by atoms with van der Waals surface area (Å²) in [7, 11) is 0. The Hall–Kier alpha value is -4.91. The Balaban J connectivity index is 1.30. The fourth-order valence-electron chi connectivity index (χ4n) is 3.86. The Morgan fingerprint density at radius 3 is 1.91 bits per heavy atom. The van der Waals surface area contributed by atoms with Gasteiger partial charge in [-0.2, -0.15) is 0 Å². The lowest BCUT2D eigenvalue weighted by molar-refractivity contribution is 0.262. The van der Waals surface area contributed by atoms with Gasteiger partial charge in [0.1, 0.15) is 11.4 Å². The van der Waals surface area contributed by atoms with E-state index >= 15 is 0 Å². The van der Waals surface area contributed by atoms with Crippen LogP contribution in [0.2, 0.25) is 0 Å². The normalized spacial score (nSPS) is 11.1. The van der Waals surface area contributed by atoms with Crippen molar-refractivity contribution in [1.29, 1.82) is 0 Å². The maximum absolute atomic E-state index is 12.6. The maximum atomic E-state index is 12.6. The molecule has 6 rings (SSSR count). The van der Waals surface area contributed by atoms with Gasteiger partial charge in [0.05, 0.1) is 23.6 Å². The molecule has 0 saturated carbocycles. The Bertz CT molecular complexity index is 1620. The third kappa shape index (κ3) is 3.75. The first-order chi connectivity index (χ1) is 16.7. The number of rotatable bonds is 4. The van der Waals surface area contributed by atoms with Gasteiger partial charge in [-0.15, -0.1) is 0 Å². The molecule has 164 valence electrons. The van der Waals surface area contributed by atoms with Crippen LogP contribution in [0, 0.1) is 0 Å². The number of aromatic nitrogens is 2. The van der Waals surface area contributed by atoms with Crippen LogP contribution in [0.1, 0.15) is 0 Å². The molecule has 7 heteroatoms. The van der Waals surface area contributed by atoms with Crippen molar-refractivity contribution < 1.29 is 13.6 Å². The minimum absolute atomic E-state index is 0.346. The van der Waals surface area contributed by atoms with Crippen molar-refractivity contribution in [3.63, 3.8) is 0 Å². The van der Waals surface area contributed by atoms with Crippen LogP contribution in [0.4, 0.5) is 16.2 Å². The molecule has 0 atom stereocenters. The molecule has 0 saturated heterocycles. The summed E-state index contributed by atoms with van der Waals surface area (Å²) in [5.41, 5.74) is 3.73. The van der Waals surface area contributed by atoms with Gasteiger partial charge in [0, 0.05) is 11.4 Å². The van der Waals surface area contributed by atoms with Crippen LogP contribution >= 0.6 is 0 Å². The predicted octanol–water partition coefficient (Wildman–Crippen LogP) is 6.95. The summed E-state index contributed by atoms with van der Waals surface area (Å²) in [5.74, 6) is 1.17. The summed E-state index contributed by atoms with van der Waals surface area (Å²) in [6.07, 6.45) is 3.18. The molecule has 0 aliphatic carbocycles. The Morgan fingerprint density at radius 1 is 0.618 bits per heavy atom. The van der Waals surface area contributed by atoms with Gasteiger partial charge in [0.2, 0.25) is 0 Å². The number of hydrogen-bond donors (Lipinski definition) is 2. The van der Waals surface area contributed by atoms with Crippen molar-refractivity contribution in [3.8, 4) is 22.9 Å². The molecule has 0 fully saturated rings. The standard InChI is InChI=1S/C27H18N4O3/c32-27(28-19-10-9-17-5-1-2-6-18(17)15-19)29-20-11-12-21-22(16-20)31-26(24-8-4-14-34-24)25(30-21)23-7-3-13-33-23/h1-16H,(H2,28,29,32). The summed E-state index contributed by atoms with van der Waals surface area (Å²) in [6.45, 7) is 0. The monoisotopic (exact) mass is 446 g/mol. The predicted molar refractivity (Wildman–Crippen MR) is 132 cm³/mol. The van der Waals surface area contributed by atoms with Gasteiger partial charge in [-0.25, -0.2) is 14.8 Å². The number of benzene rings is 3. The second-order valence-electron chi connectivity index (χ2n) is 7.72. The van der Waals surface area contributed by atoms with Crippen molar-refractivity contribution in [2.45, 2.75) is 0 Å². The van der Waals surface area contributed by atoms with E-state index in [-0.39, 0.29) is 6.03 Å². The number of carbonyl (C=O) groups is 1. The van der Waals surface area contributed by atoms with Crippen LogP contribution in [-0.4, -0.2) is 16.0 Å². The number of nitrogens with zero attached hydrogens (tertiary/aromatic N) is 2. The molecular formula is C27H18N4O3. The molecule has 3 aromatic heterocycles. The van der Waals surface area contributed by atoms with E-state index in [4.69, 9.17) is 18.8 Å². The highest BCUT2D eigenvalue weighted by Gasteiger charge is 2.17. The zero-order valence-electron chi connectivity index (χ0n) is 17.9. The molecule has 7 nitrogen and oxygen atoms in total. The Labute approximate surface area is 194 Å². The van der Waals surface area contributed by atoms with Crippen molar-refractivity contribution in [2.24, 2.45) is 0 Å². The molecule has 0 aliphatic rings. The number of furan rings is 2. The van der Waals surface area contributed by atoms with Gasteiger partial charge in [-0.3, -0.25) is 0 Å². The van der Waals surface area contributed by atoms with Crippen molar-refractivity contribution in [3.05, 3.63) is 97.5 Å². The van der Waals surface area contributed by atoms with Gasteiger partial charge in [0.15, 0.2) is 11.5 Å². The number of hydrogen-bond acceptors (Lipinski definition) is 5. The largest absolute Gasteiger partial charge is 0.463 e. The molecule has 2 amide bonds. The van der Waals surface area contributed by atoms with E-state index < -0.39 is 0 Å². The van der Waals surface area contributed by atoms with Gasteiger partial charge in [-0.05, 0) is 65.4 Å². The fourth-order valence-corrected chi connectivity index (χ4v) is 3.86. The molecule has 34 heavy (non-hydrogen) atoms. The first-order valence-electron chi connectivity index (χ1n) is 10.7. The summed E-state index contributed by atoms with van der Waals surface area (Å²) in [5, 5.41) is 7.91. The minimum Gasteiger partial charge on any atom is -0.463 e. The molecule has 6 aromatic rings. The highest BCUT2D eigenvalue weighted by molar-refractivity contribution is 6.02. The van der Waals surface area contributed by atoms with E-state index in [9.17, 15) is 4.79 Å². The lowest BCUT2D eigenvalue weighted by Crippen LogP contribution is -2.19. The molecule has 2 N–H and O–H groups in total. The molecule has 0 aliphatic heterocycles. The zero-order chi connectivity index (χ0) is 22.9. The number of fused-ring (bicyclic) bond motifs is 2. The number of amides is 2.